The molecule has 0 aromatic carbocycles. The first kappa shape index (κ1) is 12.2. The molecule has 1 heterocycles. The second-order valence-corrected chi connectivity index (χ2v) is 5.23. The smallest absolute Gasteiger partial charge is 0.0333 e. The quantitative estimate of drug-likeness (QED) is 0.818. The number of hydrogen-bond donors (Lipinski definition) is 1. The molecule has 0 radical (unpaired) electrons. The van der Waals surface area contributed by atoms with Crippen LogP contribution in [0.4, 0.5) is 0 Å². The molecule has 1 rings (SSSR count). The van der Waals surface area contributed by atoms with Gasteiger partial charge in [0.2, 0.25) is 0 Å². The summed E-state index contributed by atoms with van der Waals surface area (Å²) in [4.78, 5) is 4.16. The molecule has 0 aliphatic carbocycles. The van der Waals surface area contributed by atoms with E-state index in [9.17, 15) is 0 Å². The van der Waals surface area contributed by atoms with Crippen molar-refractivity contribution < 1.29 is 0 Å². The number of hydrogen-bond acceptors (Lipinski definition) is 2. The summed E-state index contributed by atoms with van der Waals surface area (Å²) < 4.78 is 0. The summed E-state index contributed by atoms with van der Waals surface area (Å²) in [6.07, 6.45) is 6.14. The molecular formula is C13H22N2. The third-order valence-corrected chi connectivity index (χ3v) is 2.62. The lowest BCUT2D eigenvalue weighted by molar-refractivity contribution is 0.338. The maximum absolute atomic E-state index is 4.16. The Kier molecular flexibility index (Phi) is 4.28. The van der Waals surface area contributed by atoms with Gasteiger partial charge in [-0.15, -0.1) is 0 Å². The van der Waals surface area contributed by atoms with E-state index in [0.717, 1.165) is 6.42 Å². The molecule has 1 aromatic rings. The first-order chi connectivity index (χ1) is 7.03. The Hall–Kier alpha value is -0.890. The zero-order valence-corrected chi connectivity index (χ0v) is 10.2. The van der Waals surface area contributed by atoms with Crippen LogP contribution in [0.2, 0.25) is 0 Å². The molecule has 84 valence electrons. The van der Waals surface area contributed by atoms with E-state index in [1.165, 1.54) is 12.0 Å². The van der Waals surface area contributed by atoms with E-state index in [2.05, 4.69) is 37.1 Å². The fraction of sp³-hybridized carbons (Fsp3) is 0.615. The van der Waals surface area contributed by atoms with Crippen LogP contribution in [-0.4, -0.2) is 12.0 Å². The van der Waals surface area contributed by atoms with Crippen LogP contribution in [0.3, 0.4) is 0 Å². The van der Waals surface area contributed by atoms with Crippen LogP contribution in [0.25, 0.3) is 0 Å². The second kappa shape index (κ2) is 5.26. The summed E-state index contributed by atoms with van der Waals surface area (Å²) in [6, 6.07) is 4.56. The first-order valence-electron chi connectivity index (χ1n) is 5.60. The minimum atomic E-state index is 0.400. The summed E-state index contributed by atoms with van der Waals surface area (Å²) in [5.41, 5.74) is 1.68. The fourth-order valence-electron chi connectivity index (χ4n) is 1.64. The Morgan fingerprint density at radius 1 is 1.40 bits per heavy atom. The minimum Gasteiger partial charge on any atom is -0.313 e. The van der Waals surface area contributed by atoms with Gasteiger partial charge in [-0.05, 0) is 36.9 Å². The summed E-state index contributed by atoms with van der Waals surface area (Å²) >= 11 is 0. The lowest BCUT2D eigenvalue weighted by Crippen LogP contribution is -2.19. The summed E-state index contributed by atoms with van der Waals surface area (Å²) in [7, 11) is 2.01. The van der Waals surface area contributed by atoms with E-state index in [1.807, 2.05) is 25.5 Å². The van der Waals surface area contributed by atoms with Crippen molar-refractivity contribution in [3.8, 4) is 0 Å². The van der Waals surface area contributed by atoms with Crippen molar-refractivity contribution in [2.24, 2.45) is 5.41 Å². The molecule has 2 nitrogen and oxygen atoms in total. The first-order valence-corrected chi connectivity index (χ1v) is 5.60. The van der Waals surface area contributed by atoms with Gasteiger partial charge in [0.1, 0.15) is 0 Å². The van der Waals surface area contributed by atoms with Crippen LogP contribution in [0, 0.1) is 5.41 Å². The molecule has 0 fully saturated rings. The predicted molar refractivity (Wildman–Crippen MR) is 64.7 cm³/mol. The largest absolute Gasteiger partial charge is 0.313 e. The average molecular weight is 206 g/mol. The van der Waals surface area contributed by atoms with E-state index in [-0.39, 0.29) is 0 Å². The van der Waals surface area contributed by atoms with Gasteiger partial charge in [0.05, 0.1) is 0 Å². The molecule has 2 heteroatoms. The van der Waals surface area contributed by atoms with Crippen LogP contribution in [0.15, 0.2) is 24.5 Å². The molecular weight excluding hydrogens is 184 g/mol. The van der Waals surface area contributed by atoms with Crippen molar-refractivity contribution in [2.45, 2.75) is 39.7 Å². The second-order valence-electron chi connectivity index (χ2n) is 5.23. The summed E-state index contributed by atoms with van der Waals surface area (Å²) in [5, 5.41) is 3.35. The maximum atomic E-state index is 4.16. The van der Waals surface area contributed by atoms with Gasteiger partial charge in [0, 0.05) is 18.4 Å². The minimum absolute atomic E-state index is 0.400. The van der Waals surface area contributed by atoms with Crippen molar-refractivity contribution in [1.29, 1.82) is 0 Å². The normalized spacial score (nSPS) is 13.9. The van der Waals surface area contributed by atoms with Gasteiger partial charge >= 0.3 is 0 Å². The molecule has 0 aliphatic rings. The molecule has 0 aliphatic heterocycles. The highest BCUT2D eigenvalue weighted by molar-refractivity contribution is 5.13. The van der Waals surface area contributed by atoms with E-state index in [0.29, 0.717) is 11.5 Å². The topological polar surface area (TPSA) is 24.9 Å². The third kappa shape index (κ3) is 4.43. The molecule has 0 amide bonds. The maximum Gasteiger partial charge on any atom is 0.0333 e. The Morgan fingerprint density at radius 2 is 2.13 bits per heavy atom. The highest BCUT2D eigenvalue weighted by Crippen LogP contribution is 2.26. The van der Waals surface area contributed by atoms with Gasteiger partial charge < -0.3 is 5.32 Å². The van der Waals surface area contributed by atoms with Crippen molar-refractivity contribution in [3.63, 3.8) is 0 Å². The number of aromatic nitrogens is 1. The summed E-state index contributed by atoms with van der Waals surface area (Å²) in [5.74, 6) is 0. The molecule has 0 saturated carbocycles. The van der Waals surface area contributed by atoms with Crippen LogP contribution in [-0.2, 0) is 0 Å². The van der Waals surface area contributed by atoms with Crippen molar-refractivity contribution in [2.75, 3.05) is 7.05 Å². The van der Waals surface area contributed by atoms with Gasteiger partial charge in [0.15, 0.2) is 0 Å². The monoisotopic (exact) mass is 206 g/mol. The Balaban J connectivity index is 2.58. The molecule has 0 saturated heterocycles. The lowest BCUT2D eigenvalue weighted by atomic mass is 9.87. The van der Waals surface area contributed by atoms with Gasteiger partial charge in [-0.3, -0.25) is 4.98 Å². The van der Waals surface area contributed by atoms with Crippen molar-refractivity contribution in [1.82, 2.24) is 10.3 Å². The van der Waals surface area contributed by atoms with Crippen LogP contribution in [0.5, 0.6) is 0 Å². The average Bonchev–Trinajstić information content (AvgIpc) is 2.19. The molecule has 1 N–H and O–H groups in total. The third-order valence-electron chi connectivity index (χ3n) is 2.62. The van der Waals surface area contributed by atoms with Gasteiger partial charge in [-0.2, -0.15) is 0 Å². The van der Waals surface area contributed by atoms with Crippen LogP contribution in [0.1, 0.15) is 45.2 Å². The molecule has 1 atom stereocenters. The zero-order valence-electron chi connectivity index (χ0n) is 10.2. The zero-order chi connectivity index (χ0) is 11.3. The molecule has 15 heavy (non-hydrogen) atoms. The van der Waals surface area contributed by atoms with E-state index < -0.39 is 0 Å². The lowest BCUT2D eigenvalue weighted by Gasteiger charge is -2.23. The number of rotatable bonds is 4. The standard InChI is InChI=1S/C13H22N2/c1-13(2,3)8-7-12(14-4)11-6-5-9-15-10-11/h5-6,9-10,12,14H,7-8H2,1-4H3. The van der Waals surface area contributed by atoms with Crippen LogP contribution >= 0.6 is 0 Å². The number of pyridine rings is 1. The molecule has 0 bridgehead atoms. The highest BCUT2D eigenvalue weighted by atomic mass is 14.9. The summed E-state index contributed by atoms with van der Waals surface area (Å²) in [6.45, 7) is 6.84. The fourth-order valence-corrected chi connectivity index (χ4v) is 1.64. The van der Waals surface area contributed by atoms with Gasteiger partial charge in [-0.1, -0.05) is 26.8 Å². The van der Waals surface area contributed by atoms with E-state index in [1.54, 1.807) is 0 Å². The van der Waals surface area contributed by atoms with E-state index in [4.69, 9.17) is 0 Å². The van der Waals surface area contributed by atoms with E-state index >= 15 is 0 Å². The number of nitrogens with one attached hydrogen (secondary N) is 1. The molecule has 0 spiro atoms. The predicted octanol–water partition coefficient (Wildman–Crippen LogP) is 3.17. The van der Waals surface area contributed by atoms with Gasteiger partial charge in [-0.25, -0.2) is 0 Å². The SMILES string of the molecule is CNC(CCC(C)(C)C)c1cccnc1. The molecule has 1 aromatic heterocycles. The Labute approximate surface area is 93.1 Å². The Morgan fingerprint density at radius 3 is 2.60 bits per heavy atom. The number of nitrogens with zero attached hydrogens (tertiary/aromatic N) is 1. The highest BCUT2D eigenvalue weighted by Gasteiger charge is 2.15. The Bertz CT molecular complexity index is 274. The molecule has 1 unspecified atom stereocenters. The van der Waals surface area contributed by atoms with Crippen molar-refractivity contribution >= 4 is 0 Å². The van der Waals surface area contributed by atoms with Gasteiger partial charge in [0.25, 0.3) is 0 Å². The van der Waals surface area contributed by atoms with Crippen molar-refractivity contribution in [3.05, 3.63) is 30.1 Å². The van der Waals surface area contributed by atoms with Crippen LogP contribution < -0.4 is 5.32 Å².